The summed E-state index contributed by atoms with van der Waals surface area (Å²) in [6, 6.07) is 36.2. The topological polar surface area (TPSA) is 116 Å². The lowest BCUT2D eigenvalue weighted by Gasteiger charge is -2.19. The molecule has 274 valence electrons. The molecule has 8 nitrogen and oxygen atoms in total. The molecule has 0 saturated carbocycles. The van der Waals surface area contributed by atoms with Crippen molar-refractivity contribution >= 4 is 23.6 Å². The van der Waals surface area contributed by atoms with Crippen molar-refractivity contribution in [2.75, 3.05) is 13.1 Å². The largest absolute Gasteiger partial charge is 0.354 e. The van der Waals surface area contributed by atoms with Gasteiger partial charge in [-0.2, -0.15) is 0 Å². The molecule has 4 rings (SSSR count). The molecule has 0 bridgehead atoms. The summed E-state index contributed by atoms with van der Waals surface area (Å²) in [6.45, 7) is 1.18. The third-order valence-corrected chi connectivity index (χ3v) is 9.08. The molecule has 0 fully saturated rings. The maximum atomic E-state index is 13.1. The van der Waals surface area contributed by atoms with Crippen LogP contribution in [-0.4, -0.2) is 48.8 Å². The van der Waals surface area contributed by atoms with Crippen LogP contribution in [0.25, 0.3) is 0 Å². The zero-order chi connectivity index (χ0) is 36.6. The van der Waals surface area contributed by atoms with Crippen LogP contribution in [0, 0.1) is 0 Å². The number of hydrogen-bond acceptors (Lipinski definition) is 4. The molecule has 4 amide bonds. The van der Waals surface area contributed by atoms with Crippen molar-refractivity contribution in [3.8, 4) is 0 Å². The molecule has 8 heteroatoms. The molecule has 0 aliphatic carbocycles. The fraction of sp³-hybridized carbons (Fsp3) is 0.364. The fourth-order valence-corrected chi connectivity index (χ4v) is 6.11. The van der Waals surface area contributed by atoms with E-state index in [0.29, 0.717) is 37.1 Å². The van der Waals surface area contributed by atoms with E-state index in [1.807, 2.05) is 97.1 Å². The second-order valence-corrected chi connectivity index (χ2v) is 13.3. The quantitative estimate of drug-likeness (QED) is 0.0612. The molecular weight excluding hydrogens is 649 g/mol. The minimum absolute atomic E-state index is 0.158. The molecule has 0 aromatic heterocycles. The van der Waals surface area contributed by atoms with Gasteiger partial charge in [0.2, 0.25) is 11.8 Å². The van der Waals surface area contributed by atoms with Crippen LogP contribution >= 0.6 is 0 Å². The smallest absolute Gasteiger partial charge is 0.251 e. The first-order valence-corrected chi connectivity index (χ1v) is 18.8. The number of amides is 4. The SMILES string of the molecule is O=C(N[C@@H](Cc1ccccc1)C(=O)NCCCCCCCCCCCCNC(=O)[C@H](Cc1ccccc1)NC(=O)c1ccccc1)c1ccccc1. The van der Waals surface area contributed by atoms with Crippen LogP contribution in [0.1, 0.15) is 96.1 Å². The van der Waals surface area contributed by atoms with E-state index in [9.17, 15) is 19.2 Å². The Morgan fingerprint density at radius 2 is 0.673 bits per heavy atom. The van der Waals surface area contributed by atoms with Crippen molar-refractivity contribution in [3.05, 3.63) is 144 Å². The van der Waals surface area contributed by atoms with Gasteiger partial charge in [-0.1, -0.05) is 148 Å². The van der Waals surface area contributed by atoms with Crippen molar-refractivity contribution in [2.24, 2.45) is 0 Å². The van der Waals surface area contributed by atoms with Gasteiger partial charge in [0.15, 0.2) is 0 Å². The van der Waals surface area contributed by atoms with Crippen LogP contribution < -0.4 is 21.3 Å². The van der Waals surface area contributed by atoms with Crippen molar-refractivity contribution < 1.29 is 19.2 Å². The Kier molecular flexibility index (Phi) is 17.7. The van der Waals surface area contributed by atoms with Crippen molar-refractivity contribution in [1.29, 1.82) is 0 Å². The predicted molar refractivity (Wildman–Crippen MR) is 208 cm³/mol. The molecule has 4 N–H and O–H groups in total. The first kappa shape index (κ1) is 39.5. The fourth-order valence-electron chi connectivity index (χ4n) is 6.11. The standard InChI is InChI=1S/C44H54N4O4/c49-41(37-27-17-11-18-28-37)47-39(33-35-23-13-9-14-24-35)43(51)45-31-21-7-5-3-1-2-4-6-8-22-32-46-44(52)40(34-36-25-15-10-16-26-36)48-42(50)38-29-19-12-20-30-38/h9-20,23-30,39-40H,1-8,21-22,31-34H2,(H,45,51)(H,46,52)(H,47,49)(H,48,50)/t39-,40-/m0/s1. The monoisotopic (exact) mass is 702 g/mol. The highest BCUT2D eigenvalue weighted by Gasteiger charge is 2.23. The van der Waals surface area contributed by atoms with Gasteiger partial charge in [0.1, 0.15) is 12.1 Å². The minimum Gasteiger partial charge on any atom is -0.354 e. The highest BCUT2D eigenvalue weighted by Crippen LogP contribution is 2.12. The van der Waals surface area contributed by atoms with Crippen LogP contribution in [-0.2, 0) is 22.4 Å². The number of benzene rings is 4. The predicted octanol–water partition coefficient (Wildman–Crippen LogP) is 7.20. The maximum Gasteiger partial charge on any atom is 0.251 e. The van der Waals surface area contributed by atoms with E-state index in [0.717, 1.165) is 49.7 Å². The molecule has 2 atom stereocenters. The Hall–Kier alpha value is -5.24. The normalized spacial score (nSPS) is 11.9. The molecular formula is C44H54N4O4. The lowest BCUT2D eigenvalue weighted by Crippen LogP contribution is -2.48. The first-order chi connectivity index (χ1) is 25.5. The Balaban J connectivity index is 1.04. The Bertz CT molecular complexity index is 1490. The van der Waals surface area contributed by atoms with Crippen LogP contribution in [0.15, 0.2) is 121 Å². The number of unbranched alkanes of at least 4 members (excludes halogenated alkanes) is 9. The van der Waals surface area contributed by atoms with E-state index in [-0.39, 0.29) is 23.6 Å². The summed E-state index contributed by atoms with van der Waals surface area (Å²) < 4.78 is 0. The lowest BCUT2D eigenvalue weighted by molar-refractivity contribution is -0.123. The van der Waals surface area contributed by atoms with Gasteiger partial charge in [0.25, 0.3) is 11.8 Å². The summed E-state index contributed by atoms with van der Waals surface area (Å²) in [5.41, 5.74) is 3.06. The summed E-state index contributed by atoms with van der Waals surface area (Å²) in [6.07, 6.45) is 11.8. The van der Waals surface area contributed by atoms with Gasteiger partial charge in [0, 0.05) is 37.1 Å². The van der Waals surface area contributed by atoms with Crippen molar-refractivity contribution in [1.82, 2.24) is 21.3 Å². The average molecular weight is 703 g/mol. The van der Waals surface area contributed by atoms with Gasteiger partial charge in [0.05, 0.1) is 0 Å². The first-order valence-electron chi connectivity index (χ1n) is 18.8. The highest BCUT2D eigenvalue weighted by molar-refractivity contribution is 5.98. The zero-order valence-electron chi connectivity index (χ0n) is 30.2. The van der Waals surface area contributed by atoms with E-state index < -0.39 is 12.1 Å². The molecule has 0 spiro atoms. The van der Waals surface area contributed by atoms with E-state index in [1.165, 1.54) is 25.7 Å². The molecule has 0 aliphatic heterocycles. The number of nitrogens with one attached hydrogen (secondary N) is 4. The lowest BCUT2D eigenvalue weighted by atomic mass is 10.0. The zero-order valence-corrected chi connectivity index (χ0v) is 30.2. The van der Waals surface area contributed by atoms with Crippen LogP contribution in [0.4, 0.5) is 0 Å². The summed E-state index contributed by atoms with van der Waals surface area (Å²) >= 11 is 0. The van der Waals surface area contributed by atoms with Gasteiger partial charge in [-0.3, -0.25) is 19.2 Å². The molecule has 0 aliphatic rings. The molecule has 4 aromatic carbocycles. The molecule has 0 saturated heterocycles. The van der Waals surface area contributed by atoms with Crippen molar-refractivity contribution in [2.45, 2.75) is 89.1 Å². The van der Waals surface area contributed by atoms with Gasteiger partial charge in [-0.15, -0.1) is 0 Å². The Morgan fingerprint density at radius 3 is 1.00 bits per heavy atom. The second kappa shape index (κ2) is 23.3. The van der Waals surface area contributed by atoms with Gasteiger partial charge < -0.3 is 21.3 Å². The van der Waals surface area contributed by atoms with E-state index in [4.69, 9.17) is 0 Å². The van der Waals surface area contributed by atoms with E-state index >= 15 is 0 Å². The third kappa shape index (κ3) is 14.9. The second-order valence-electron chi connectivity index (χ2n) is 13.3. The molecule has 0 heterocycles. The summed E-state index contributed by atoms with van der Waals surface area (Å²) in [5.74, 6) is -0.820. The summed E-state index contributed by atoms with van der Waals surface area (Å²) in [4.78, 5) is 51.7. The number of rotatable bonds is 23. The Morgan fingerprint density at radius 1 is 0.385 bits per heavy atom. The van der Waals surface area contributed by atoms with Gasteiger partial charge >= 0.3 is 0 Å². The highest BCUT2D eigenvalue weighted by atomic mass is 16.2. The van der Waals surface area contributed by atoms with Crippen LogP contribution in [0.5, 0.6) is 0 Å². The minimum atomic E-state index is -0.643. The number of carbonyl (C=O) groups excluding carboxylic acids is 4. The van der Waals surface area contributed by atoms with Crippen LogP contribution in [0.3, 0.4) is 0 Å². The molecule has 0 radical (unpaired) electrons. The number of carbonyl (C=O) groups is 4. The molecule has 0 unspecified atom stereocenters. The van der Waals surface area contributed by atoms with Crippen LogP contribution in [0.2, 0.25) is 0 Å². The third-order valence-electron chi connectivity index (χ3n) is 9.08. The average Bonchev–Trinajstić information content (AvgIpc) is 3.18. The van der Waals surface area contributed by atoms with Crippen molar-refractivity contribution in [3.63, 3.8) is 0 Å². The molecule has 4 aromatic rings. The van der Waals surface area contributed by atoms with Gasteiger partial charge in [-0.25, -0.2) is 0 Å². The number of hydrogen-bond donors (Lipinski definition) is 4. The molecule has 52 heavy (non-hydrogen) atoms. The summed E-state index contributed by atoms with van der Waals surface area (Å²) in [7, 11) is 0. The van der Waals surface area contributed by atoms with Gasteiger partial charge in [-0.05, 0) is 48.2 Å². The maximum absolute atomic E-state index is 13.1. The summed E-state index contributed by atoms with van der Waals surface area (Å²) in [5, 5.41) is 11.9. The van der Waals surface area contributed by atoms with E-state index in [2.05, 4.69) is 21.3 Å². The van der Waals surface area contributed by atoms with E-state index in [1.54, 1.807) is 24.3 Å². The Labute approximate surface area is 309 Å².